The van der Waals surface area contributed by atoms with E-state index >= 15 is 0 Å². The Kier molecular flexibility index (Phi) is 5.67. The third kappa shape index (κ3) is 7.30. The van der Waals surface area contributed by atoms with E-state index in [0.29, 0.717) is 10.5 Å². The Hall–Kier alpha value is 0.640. The number of sulfonamides is 1. The summed E-state index contributed by atoms with van der Waals surface area (Å²) >= 11 is 2.19. The van der Waals surface area contributed by atoms with Crippen LogP contribution in [0.5, 0.6) is 0 Å². The van der Waals surface area contributed by atoms with E-state index in [1.807, 2.05) is 20.8 Å². The molecule has 0 aliphatic heterocycles. The first-order valence-electron chi connectivity index (χ1n) is 3.95. The summed E-state index contributed by atoms with van der Waals surface area (Å²) in [6.07, 6.45) is 0. The van der Waals surface area contributed by atoms with Gasteiger partial charge in [-0.05, 0) is 5.92 Å². The fraction of sp³-hybridized carbons (Fsp3) is 1.00. The maximum Gasteiger partial charge on any atom is 0.211 e. The highest BCUT2D eigenvalue weighted by Crippen LogP contribution is 2.00. The molecule has 3 nitrogen and oxygen atoms in total. The molecule has 1 N–H and O–H groups in total. The summed E-state index contributed by atoms with van der Waals surface area (Å²) in [6, 6.07) is 0. The number of alkyl halides is 1. The molecule has 0 rings (SSSR count). The van der Waals surface area contributed by atoms with Crippen LogP contribution in [0.3, 0.4) is 0 Å². The second-order valence-corrected chi connectivity index (χ2v) is 7.28. The predicted molar refractivity (Wildman–Crippen MR) is 60.1 cm³/mol. The molecule has 0 aromatic heterocycles. The Morgan fingerprint density at radius 1 is 1.33 bits per heavy atom. The lowest BCUT2D eigenvalue weighted by molar-refractivity contribution is 0.568. The van der Waals surface area contributed by atoms with Gasteiger partial charge in [0.15, 0.2) is 0 Å². The Labute approximate surface area is 88.5 Å². The van der Waals surface area contributed by atoms with Crippen molar-refractivity contribution in [3.63, 3.8) is 0 Å². The molecule has 1 atom stereocenters. The summed E-state index contributed by atoms with van der Waals surface area (Å²) in [5, 5.41) is 0. The summed E-state index contributed by atoms with van der Waals surface area (Å²) in [5.41, 5.74) is 0. The van der Waals surface area contributed by atoms with Gasteiger partial charge in [0, 0.05) is 10.5 Å². The first kappa shape index (κ1) is 12.6. The van der Waals surface area contributed by atoms with Gasteiger partial charge in [-0.2, -0.15) is 0 Å². The minimum absolute atomic E-state index is 0.187. The molecular weight excluding hydrogens is 289 g/mol. The molecule has 0 aromatic carbocycles. The van der Waals surface area contributed by atoms with E-state index in [1.165, 1.54) is 0 Å². The van der Waals surface area contributed by atoms with Gasteiger partial charge in [0.2, 0.25) is 10.0 Å². The quantitative estimate of drug-likeness (QED) is 0.616. The van der Waals surface area contributed by atoms with Crippen molar-refractivity contribution in [3.05, 3.63) is 0 Å². The van der Waals surface area contributed by atoms with Crippen molar-refractivity contribution in [3.8, 4) is 0 Å². The van der Waals surface area contributed by atoms with Crippen LogP contribution in [0.25, 0.3) is 0 Å². The molecule has 0 aromatic rings. The maximum atomic E-state index is 11.2. The molecule has 0 amide bonds. The highest BCUT2D eigenvalue weighted by Gasteiger charge is 2.12. The minimum atomic E-state index is -3.03. The standard InChI is InChI=1S/C7H16INO2S/c1-6(2)5-12(10,11)9-4-7(3)8/h6-7,9H,4-5H2,1-3H3. The van der Waals surface area contributed by atoms with Gasteiger partial charge in [-0.3, -0.25) is 0 Å². The van der Waals surface area contributed by atoms with Crippen molar-refractivity contribution in [2.75, 3.05) is 12.3 Å². The molecular formula is C7H16INO2S. The summed E-state index contributed by atoms with van der Waals surface area (Å²) in [4.78, 5) is 0. The largest absolute Gasteiger partial charge is 0.214 e. The monoisotopic (exact) mass is 305 g/mol. The number of rotatable bonds is 5. The highest BCUT2D eigenvalue weighted by molar-refractivity contribution is 14.1. The van der Waals surface area contributed by atoms with Gasteiger partial charge in [0.05, 0.1) is 5.75 Å². The lowest BCUT2D eigenvalue weighted by atomic mass is 10.3. The third-order valence-electron chi connectivity index (χ3n) is 1.14. The van der Waals surface area contributed by atoms with E-state index in [2.05, 4.69) is 27.3 Å². The molecule has 12 heavy (non-hydrogen) atoms. The molecule has 0 saturated heterocycles. The molecule has 0 spiro atoms. The van der Waals surface area contributed by atoms with E-state index < -0.39 is 10.0 Å². The molecule has 0 bridgehead atoms. The minimum Gasteiger partial charge on any atom is -0.214 e. The van der Waals surface area contributed by atoms with Crippen LogP contribution < -0.4 is 4.72 Å². The van der Waals surface area contributed by atoms with Crippen LogP contribution in [0.1, 0.15) is 20.8 Å². The van der Waals surface area contributed by atoms with E-state index in [1.54, 1.807) is 0 Å². The molecule has 0 aliphatic rings. The molecule has 0 fully saturated rings. The summed E-state index contributed by atoms with van der Waals surface area (Å²) in [5.74, 6) is 0.406. The van der Waals surface area contributed by atoms with Gasteiger partial charge in [-0.25, -0.2) is 13.1 Å². The van der Waals surface area contributed by atoms with Crippen molar-refractivity contribution in [2.45, 2.75) is 24.7 Å². The molecule has 0 radical (unpaired) electrons. The fourth-order valence-corrected chi connectivity index (χ4v) is 2.76. The zero-order valence-electron chi connectivity index (χ0n) is 7.67. The first-order valence-corrected chi connectivity index (χ1v) is 6.84. The van der Waals surface area contributed by atoms with Crippen LogP contribution in [0.2, 0.25) is 0 Å². The summed E-state index contributed by atoms with van der Waals surface area (Å²) in [6.45, 7) is 6.29. The van der Waals surface area contributed by atoms with Crippen LogP contribution >= 0.6 is 22.6 Å². The Balaban J connectivity index is 3.89. The number of halogens is 1. The highest BCUT2D eigenvalue weighted by atomic mass is 127. The van der Waals surface area contributed by atoms with Crippen LogP contribution in [-0.2, 0) is 10.0 Å². The zero-order valence-corrected chi connectivity index (χ0v) is 10.6. The number of hydrogen-bond acceptors (Lipinski definition) is 2. The van der Waals surface area contributed by atoms with Crippen molar-refractivity contribution < 1.29 is 8.42 Å². The van der Waals surface area contributed by atoms with Crippen molar-refractivity contribution in [2.24, 2.45) is 5.92 Å². The first-order chi connectivity index (χ1) is 5.33. The summed E-state index contributed by atoms with van der Waals surface area (Å²) < 4.78 is 25.4. The van der Waals surface area contributed by atoms with Gasteiger partial charge in [0.25, 0.3) is 0 Å². The van der Waals surface area contributed by atoms with Crippen LogP contribution in [0, 0.1) is 5.92 Å². The average molecular weight is 305 g/mol. The van der Waals surface area contributed by atoms with Crippen molar-refractivity contribution in [1.82, 2.24) is 4.72 Å². The molecule has 0 saturated carbocycles. The van der Waals surface area contributed by atoms with E-state index in [9.17, 15) is 8.42 Å². The average Bonchev–Trinajstić information content (AvgIpc) is 1.81. The Morgan fingerprint density at radius 3 is 2.17 bits per heavy atom. The lowest BCUT2D eigenvalue weighted by Crippen LogP contribution is -2.32. The predicted octanol–water partition coefficient (Wildman–Crippen LogP) is 1.39. The Morgan fingerprint density at radius 2 is 1.83 bits per heavy atom. The summed E-state index contributed by atoms with van der Waals surface area (Å²) in [7, 11) is -3.03. The van der Waals surface area contributed by atoms with Crippen molar-refractivity contribution in [1.29, 1.82) is 0 Å². The van der Waals surface area contributed by atoms with Gasteiger partial charge >= 0.3 is 0 Å². The van der Waals surface area contributed by atoms with Gasteiger partial charge < -0.3 is 0 Å². The number of hydrogen-bond donors (Lipinski definition) is 1. The lowest BCUT2D eigenvalue weighted by Gasteiger charge is -2.09. The SMILES string of the molecule is CC(C)CS(=O)(=O)NCC(C)I. The maximum absolute atomic E-state index is 11.2. The van der Waals surface area contributed by atoms with Gasteiger partial charge in [-0.15, -0.1) is 0 Å². The normalized spacial score (nSPS) is 15.1. The molecule has 1 unspecified atom stereocenters. The molecule has 0 heterocycles. The third-order valence-corrected chi connectivity index (χ3v) is 3.29. The number of nitrogens with one attached hydrogen (secondary N) is 1. The molecule has 5 heteroatoms. The second-order valence-electron chi connectivity index (χ2n) is 3.30. The molecule has 0 aliphatic carbocycles. The smallest absolute Gasteiger partial charge is 0.211 e. The van der Waals surface area contributed by atoms with E-state index in [0.717, 1.165) is 0 Å². The van der Waals surface area contributed by atoms with Crippen LogP contribution in [-0.4, -0.2) is 24.6 Å². The van der Waals surface area contributed by atoms with Gasteiger partial charge in [-0.1, -0.05) is 43.4 Å². The Bertz CT molecular complexity index is 211. The van der Waals surface area contributed by atoms with Crippen LogP contribution in [0.4, 0.5) is 0 Å². The zero-order chi connectivity index (χ0) is 9.78. The van der Waals surface area contributed by atoms with Crippen LogP contribution in [0.15, 0.2) is 0 Å². The van der Waals surface area contributed by atoms with Gasteiger partial charge in [0.1, 0.15) is 0 Å². The van der Waals surface area contributed by atoms with E-state index in [4.69, 9.17) is 0 Å². The fourth-order valence-electron chi connectivity index (χ4n) is 0.740. The topological polar surface area (TPSA) is 46.2 Å². The second kappa shape index (κ2) is 5.39. The van der Waals surface area contributed by atoms with E-state index in [-0.39, 0.29) is 11.7 Å². The molecule has 74 valence electrons. The van der Waals surface area contributed by atoms with Crippen molar-refractivity contribution >= 4 is 32.6 Å².